The van der Waals surface area contributed by atoms with Gasteiger partial charge in [-0.15, -0.1) is 10.2 Å². The van der Waals surface area contributed by atoms with Gasteiger partial charge in [0.25, 0.3) is 5.95 Å². The lowest BCUT2D eigenvalue weighted by molar-refractivity contribution is 0.0823. The molecule has 2 aromatic heterocycles. The van der Waals surface area contributed by atoms with Gasteiger partial charge in [0, 0.05) is 25.7 Å². The molecule has 0 amide bonds. The van der Waals surface area contributed by atoms with E-state index in [0.29, 0.717) is 12.5 Å². The number of ether oxygens (including phenoxy) is 1. The van der Waals surface area contributed by atoms with Crippen LogP contribution < -0.4 is 4.90 Å². The molecule has 9 nitrogen and oxygen atoms in total. The maximum atomic E-state index is 5.50. The first kappa shape index (κ1) is 16.4. The molecule has 5 rings (SSSR count). The van der Waals surface area contributed by atoms with Crippen molar-refractivity contribution in [2.24, 2.45) is 0 Å². The first-order valence-electron chi connectivity index (χ1n) is 9.41. The largest absolute Gasteiger partial charge is 0.381 e. The van der Waals surface area contributed by atoms with Gasteiger partial charge in [-0.3, -0.25) is 0 Å². The van der Waals surface area contributed by atoms with Gasteiger partial charge in [-0.1, -0.05) is 23.3 Å². The summed E-state index contributed by atoms with van der Waals surface area (Å²) in [6.07, 6.45) is 2.03. The Hall–Kier alpha value is -2.81. The first-order valence-corrected chi connectivity index (χ1v) is 9.41. The van der Waals surface area contributed by atoms with Crippen LogP contribution >= 0.6 is 0 Å². The Bertz CT molecular complexity index is 915. The fraction of sp³-hybridized carbons (Fsp3) is 0.500. The fourth-order valence-corrected chi connectivity index (χ4v) is 4.06. The molecular weight excluding hydrogens is 344 g/mol. The molecule has 2 aliphatic heterocycles. The monoisotopic (exact) mass is 366 g/mol. The molecule has 1 saturated heterocycles. The second-order valence-electron chi connectivity index (χ2n) is 7.19. The topological polar surface area (TPSA) is 86.8 Å². The lowest BCUT2D eigenvalue weighted by Crippen LogP contribution is -2.39. The molecule has 0 bridgehead atoms. The summed E-state index contributed by atoms with van der Waals surface area (Å²) in [7, 11) is 0. The van der Waals surface area contributed by atoms with Crippen molar-refractivity contribution >= 4 is 5.95 Å². The summed E-state index contributed by atoms with van der Waals surface area (Å²) < 4.78 is 9.58. The number of aromatic nitrogens is 7. The standard InChI is InChI=1S/C18H22N8O/c1-13-11-24(18-21-22-23-26(18)15-5-3-2-4-6-15)12-16-19-20-17(25(13)16)14-7-9-27-10-8-14/h2-6,13-14H,7-12H2,1H3/t13-/m0/s1. The van der Waals surface area contributed by atoms with Crippen LogP contribution in [0.5, 0.6) is 0 Å². The van der Waals surface area contributed by atoms with Crippen LogP contribution in [0.2, 0.25) is 0 Å². The normalized spacial score (nSPS) is 20.6. The average Bonchev–Trinajstić information content (AvgIpc) is 3.37. The van der Waals surface area contributed by atoms with Gasteiger partial charge in [0.1, 0.15) is 5.82 Å². The van der Waals surface area contributed by atoms with Crippen LogP contribution in [-0.2, 0) is 11.3 Å². The van der Waals surface area contributed by atoms with Crippen LogP contribution in [-0.4, -0.2) is 54.7 Å². The molecule has 140 valence electrons. The Labute approximate surface area is 157 Å². The zero-order valence-electron chi connectivity index (χ0n) is 15.3. The fourth-order valence-electron chi connectivity index (χ4n) is 4.06. The summed E-state index contributed by atoms with van der Waals surface area (Å²) in [5.41, 5.74) is 0.945. The number of anilines is 1. The third kappa shape index (κ3) is 2.87. The van der Waals surface area contributed by atoms with E-state index in [0.717, 1.165) is 55.9 Å². The predicted molar refractivity (Wildman–Crippen MR) is 97.7 cm³/mol. The van der Waals surface area contributed by atoms with Crippen molar-refractivity contribution < 1.29 is 4.74 Å². The minimum absolute atomic E-state index is 0.252. The van der Waals surface area contributed by atoms with E-state index in [4.69, 9.17) is 4.74 Å². The van der Waals surface area contributed by atoms with Crippen LogP contribution in [0.4, 0.5) is 5.95 Å². The highest BCUT2D eigenvalue weighted by Crippen LogP contribution is 2.32. The van der Waals surface area contributed by atoms with Crippen LogP contribution in [0.3, 0.4) is 0 Å². The number of hydrogen-bond donors (Lipinski definition) is 0. The highest BCUT2D eigenvalue weighted by atomic mass is 16.5. The molecule has 4 heterocycles. The summed E-state index contributed by atoms with van der Waals surface area (Å²) in [6.45, 7) is 5.28. The molecule has 0 aliphatic carbocycles. The zero-order valence-corrected chi connectivity index (χ0v) is 15.3. The summed E-state index contributed by atoms with van der Waals surface area (Å²) in [4.78, 5) is 2.18. The Morgan fingerprint density at radius 2 is 1.85 bits per heavy atom. The van der Waals surface area contributed by atoms with Crippen LogP contribution in [0.1, 0.15) is 43.4 Å². The maximum absolute atomic E-state index is 5.50. The maximum Gasteiger partial charge on any atom is 0.250 e. The van der Waals surface area contributed by atoms with Gasteiger partial charge < -0.3 is 14.2 Å². The van der Waals surface area contributed by atoms with Crippen molar-refractivity contribution in [2.45, 2.75) is 38.3 Å². The Balaban J connectivity index is 1.45. The smallest absolute Gasteiger partial charge is 0.250 e. The van der Waals surface area contributed by atoms with Gasteiger partial charge in [-0.05, 0) is 42.3 Å². The lowest BCUT2D eigenvalue weighted by Gasteiger charge is -2.34. The average molecular weight is 366 g/mol. The van der Waals surface area contributed by atoms with E-state index >= 15 is 0 Å². The van der Waals surface area contributed by atoms with Crippen molar-refractivity contribution in [2.75, 3.05) is 24.7 Å². The number of fused-ring (bicyclic) bond motifs is 1. The van der Waals surface area contributed by atoms with Gasteiger partial charge in [-0.2, -0.15) is 4.68 Å². The second kappa shape index (κ2) is 6.73. The predicted octanol–water partition coefficient (Wildman–Crippen LogP) is 1.73. The molecule has 3 aromatic rings. The highest BCUT2D eigenvalue weighted by molar-refractivity contribution is 5.41. The third-order valence-electron chi connectivity index (χ3n) is 5.37. The van der Waals surface area contributed by atoms with Gasteiger partial charge in [-0.25, -0.2) is 0 Å². The summed E-state index contributed by atoms with van der Waals surface area (Å²) in [6, 6.07) is 10.2. The Morgan fingerprint density at radius 3 is 2.67 bits per heavy atom. The van der Waals surface area contributed by atoms with Crippen molar-refractivity contribution in [1.29, 1.82) is 0 Å². The molecule has 0 spiro atoms. The van der Waals surface area contributed by atoms with Gasteiger partial charge in [0.2, 0.25) is 0 Å². The molecular formula is C18H22N8O. The minimum atomic E-state index is 0.252. The SMILES string of the molecule is C[C@H]1CN(c2nnnn2-c2ccccc2)Cc2nnc(C3CCOCC3)n21. The lowest BCUT2D eigenvalue weighted by atomic mass is 9.99. The Kier molecular flexibility index (Phi) is 4.08. The van der Waals surface area contributed by atoms with E-state index in [9.17, 15) is 0 Å². The van der Waals surface area contributed by atoms with Crippen molar-refractivity contribution in [3.8, 4) is 5.69 Å². The molecule has 9 heteroatoms. The Morgan fingerprint density at radius 1 is 1.04 bits per heavy atom. The molecule has 1 atom stereocenters. The number of hydrogen-bond acceptors (Lipinski definition) is 7. The quantitative estimate of drug-likeness (QED) is 0.697. The number of tetrazole rings is 1. The number of nitrogens with zero attached hydrogens (tertiary/aromatic N) is 8. The highest BCUT2D eigenvalue weighted by Gasteiger charge is 2.32. The molecule has 2 aliphatic rings. The molecule has 1 aromatic carbocycles. The molecule has 27 heavy (non-hydrogen) atoms. The van der Waals surface area contributed by atoms with Crippen molar-refractivity contribution in [1.82, 2.24) is 35.0 Å². The van der Waals surface area contributed by atoms with Gasteiger partial charge in [0.05, 0.1) is 18.3 Å². The second-order valence-corrected chi connectivity index (χ2v) is 7.19. The van der Waals surface area contributed by atoms with E-state index in [1.807, 2.05) is 30.3 Å². The van der Waals surface area contributed by atoms with E-state index < -0.39 is 0 Å². The molecule has 1 fully saturated rings. The summed E-state index contributed by atoms with van der Waals surface area (Å²) in [5.74, 6) is 3.24. The number of para-hydroxylation sites is 1. The summed E-state index contributed by atoms with van der Waals surface area (Å²) >= 11 is 0. The minimum Gasteiger partial charge on any atom is -0.381 e. The molecule has 0 saturated carbocycles. The van der Waals surface area contributed by atoms with E-state index in [2.05, 4.69) is 42.1 Å². The van der Waals surface area contributed by atoms with Crippen molar-refractivity contribution in [3.63, 3.8) is 0 Å². The summed E-state index contributed by atoms with van der Waals surface area (Å²) in [5, 5.41) is 21.4. The molecule has 0 N–H and O–H groups in total. The van der Waals surface area contributed by atoms with Crippen molar-refractivity contribution in [3.05, 3.63) is 42.0 Å². The van der Waals surface area contributed by atoms with Crippen LogP contribution in [0.25, 0.3) is 5.69 Å². The van der Waals surface area contributed by atoms with E-state index in [1.54, 1.807) is 4.68 Å². The molecule has 0 radical (unpaired) electrons. The third-order valence-corrected chi connectivity index (χ3v) is 5.37. The van der Waals surface area contributed by atoms with Crippen LogP contribution in [0, 0.1) is 0 Å². The number of rotatable bonds is 3. The number of benzene rings is 1. The van der Waals surface area contributed by atoms with Gasteiger partial charge in [0.15, 0.2) is 5.82 Å². The zero-order chi connectivity index (χ0) is 18.2. The van der Waals surface area contributed by atoms with Crippen LogP contribution in [0.15, 0.2) is 30.3 Å². The molecule has 0 unspecified atom stereocenters. The van der Waals surface area contributed by atoms with Gasteiger partial charge >= 0.3 is 0 Å². The van der Waals surface area contributed by atoms with E-state index in [1.165, 1.54) is 0 Å². The van der Waals surface area contributed by atoms with E-state index in [-0.39, 0.29) is 6.04 Å². The first-order chi connectivity index (χ1) is 13.3.